The van der Waals surface area contributed by atoms with Crippen LogP contribution in [0.2, 0.25) is 0 Å². The fourth-order valence-corrected chi connectivity index (χ4v) is 2.03. The highest BCUT2D eigenvalue weighted by Gasteiger charge is 2.23. The van der Waals surface area contributed by atoms with Crippen molar-refractivity contribution in [1.29, 1.82) is 0 Å². The van der Waals surface area contributed by atoms with E-state index in [0.717, 1.165) is 5.56 Å². The van der Waals surface area contributed by atoms with E-state index in [1.165, 1.54) is 14.2 Å². The Balaban J connectivity index is 2.75. The Bertz CT molecular complexity index is 584. The molecule has 0 unspecified atom stereocenters. The summed E-state index contributed by atoms with van der Waals surface area (Å²) >= 11 is 0. The van der Waals surface area contributed by atoms with Crippen molar-refractivity contribution in [2.45, 2.75) is 18.9 Å². The summed E-state index contributed by atoms with van der Waals surface area (Å²) in [5.74, 6) is -1.96. The van der Waals surface area contributed by atoms with Gasteiger partial charge in [0.1, 0.15) is 6.04 Å². The Morgan fingerprint density at radius 3 is 2.35 bits per heavy atom. The number of hydrogen-bond acceptors (Lipinski definition) is 5. The number of rotatable bonds is 9. The highest BCUT2D eigenvalue weighted by atomic mass is 16.5. The molecule has 7 nitrogen and oxygen atoms in total. The average Bonchev–Trinajstić information content (AvgIpc) is 2.53. The fourth-order valence-electron chi connectivity index (χ4n) is 2.03. The van der Waals surface area contributed by atoms with E-state index >= 15 is 0 Å². The van der Waals surface area contributed by atoms with E-state index in [9.17, 15) is 9.59 Å². The first-order valence-corrected chi connectivity index (χ1v) is 6.98. The third-order valence-corrected chi connectivity index (χ3v) is 3.34. The summed E-state index contributed by atoms with van der Waals surface area (Å²) in [7, 11) is 3.07. The highest BCUT2D eigenvalue weighted by molar-refractivity contribution is 5.76. The zero-order valence-corrected chi connectivity index (χ0v) is 13.1. The second kappa shape index (κ2) is 8.79. The molecule has 1 aromatic carbocycles. The maximum atomic E-state index is 11.2. The Labute approximate surface area is 134 Å². The molecule has 4 N–H and O–H groups in total. The molecule has 0 saturated carbocycles. The predicted molar refractivity (Wildman–Crippen MR) is 84.6 cm³/mol. The highest BCUT2D eigenvalue weighted by Crippen LogP contribution is 2.28. The third-order valence-electron chi connectivity index (χ3n) is 3.34. The van der Waals surface area contributed by atoms with Crippen LogP contribution in [0, 0.1) is 5.92 Å². The number of carboxylic acids is 2. The van der Waals surface area contributed by atoms with Crippen molar-refractivity contribution < 1.29 is 29.3 Å². The second-order valence-electron chi connectivity index (χ2n) is 4.97. The van der Waals surface area contributed by atoms with Gasteiger partial charge < -0.3 is 25.4 Å². The van der Waals surface area contributed by atoms with E-state index in [0.29, 0.717) is 11.5 Å². The summed E-state index contributed by atoms with van der Waals surface area (Å²) in [6.07, 6.45) is 3.48. The molecular formula is C16H21NO6. The number of allylic oxidation sites excluding steroid dienone is 1. The average molecular weight is 323 g/mol. The van der Waals surface area contributed by atoms with E-state index in [2.05, 4.69) is 0 Å². The van der Waals surface area contributed by atoms with Crippen molar-refractivity contribution in [1.82, 2.24) is 0 Å². The summed E-state index contributed by atoms with van der Waals surface area (Å²) in [6.45, 7) is 0. The van der Waals surface area contributed by atoms with Gasteiger partial charge in [0.2, 0.25) is 0 Å². The zero-order valence-electron chi connectivity index (χ0n) is 13.1. The lowest BCUT2D eigenvalue weighted by Gasteiger charge is -2.12. The van der Waals surface area contributed by atoms with E-state index in [1.54, 1.807) is 30.4 Å². The quantitative estimate of drug-likeness (QED) is 0.631. The van der Waals surface area contributed by atoms with Crippen LogP contribution >= 0.6 is 0 Å². The molecule has 23 heavy (non-hydrogen) atoms. The van der Waals surface area contributed by atoms with Gasteiger partial charge in [0.25, 0.3) is 0 Å². The Kier molecular flexibility index (Phi) is 7.08. The van der Waals surface area contributed by atoms with Crippen molar-refractivity contribution in [2.75, 3.05) is 14.2 Å². The lowest BCUT2D eigenvalue weighted by atomic mass is 9.96. The van der Waals surface area contributed by atoms with Gasteiger partial charge in [-0.1, -0.05) is 18.2 Å². The minimum absolute atomic E-state index is 0.124. The Morgan fingerprint density at radius 2 is 1.83 bits per heavy atom. The van der Waals surface area contributed by atoms with Crippen molar-refractivity contribution in [3.8, 4) is 11.5 Å². The summed E-state index contributed by atoms with van der Waals surface area (Å²) in [6, 6.07) is 4.11. The molecule has 7 heteroatoms. The number of benzene rings is 1. The Morgan fingerprint density at radius 1 is 1.17 bits per heavy atom. The molecule has 0 radical (unpaired) electrons. The third kappa shape index (κ3) is 5.63. The van der Waals surface area contributed by atoms with Gasteiger partial charge in [-0.25, -0.2) is 0 Å². The summed E-state index contributed by atoms with van der Waals surface area (Å²) in [5.41, 5.74) is 6.20. The second-order valence-corrected chi connectivity index (χ2v) is 4.97. The topological polar surface area (TPSA) is 119 Å². The molecule has 0 spiro atoms. The first kappa shape index (κ1) is 18.5. The van der Waals surface area contributed by atoms with Gasteiger partial charge in [0, 0.05) is 0 Å². The summed E-state index contributed by atoms with van der Waals surface area (Å²) in [5, 5.41) is 17.9. The maximum absolute atomic E-state index is 11.2. The van der Waals surface area contributed by atoms with Crippen molar-refractivity contribution in [3.05, 3.63) is 29.8 Å². The van der Waals surface area contributed by atoms with E-state index in [4.69, 9.17) is 25.4 Å². The van der Waals surface area contributed by atoms with E-state index in [-0.39, 0.29) is 12.8 Å². The predicted octanol–water partition coefficient (Wildman–Crippen LogP) is 1.61. The number of nitrogens with two attached hydrogens (primary N) is 1. The first-order chi connectivity index (χ1) is 10.9. The van der Waals surface area contributed by atoms with E-state index in [1.807, 2.05) is 0 Å². The molecule has 1 aromatic rings. The molecule has 0 saturated heterocycles. The molecular weight excluding hydrogens is 302 g/mol. The van der Waals surface area contributed by atoms with Gasteiger partial charge in [0.05, 0.1) is 20.1 Å². The maximum Gasteiger partial charge on any atom is 0.320 e. The van der Waals surface area contributed by atoms with Gasteiger partial charge >= 0.3 is 11.9 Å². The van der Waals surface area contributed by atoms with Crippen molar-refractivity contribution in [2.24, 2.45) is 11.7 Å². The minimum Gasteiger partial charge on any atom is -0.493 e. The molecule has 0 heterocycles. The van der Waals surface area contributed by atoms with Crippen molar-refractivity contribution >= 4 is 18.0 Å². The first-order valence-electron chi connectivity index (χ1n) is 6.98. The molecule has 0 aliphatic carbocycles. The van der Waals surface area contributed by atoms with Crippen LogP contribution in [-0.2, 0) is 9.59 Å². The van der Waals surface area contributed by atoms with Crippen LogP contribution in [0.15, 0.2) is 24.3 Å². The van der Waals surface area contributed by atoms with Crippen LogP contribution in [0.3, 0.4) is 0 Å². The molecule has 0 bridgehead atoms. The van der Waals surface area contributed by atoms with Gasteiger partial charge in [0.15, 0.2) is 11.5 Å². The van der Waals surface area contributed by atoms with Crippen LogP contribution in [-0.4, -0.2) is 42.4 Å². The van der Waals surface area contributed by atoms with Crippen LogP contribution in [0.4, 0.5) is 0 Å². The molecule has 0 aliphatic heterocycles. The number of hydrogen-bond donors (Lipinski definition) is 3. The zero-order chi connectivity index (χ0) is 17.4. The lowest BCUT2D eigenvalue weighted by Crippen LogP contribution is -2.34. The summed E-state index contributed by atoms with van der Waals surface area (Å²) < 4.78 is 10.3. The van der Waals surface area contributed by atoms with Gasteiger partial charge in [-0.2, -0.15) is 0 Å². The number of aliphatic carboxylic acids is 2. The molecule has 0 fully saturated rings. The fraction of sp³-hybridized carbons (Fsp3) is 0.375. The van der Waals surface area contributed by atoms with Crippen LogP contribution < -0.4 is 15.2 Å². The normalized spacial score (nSPS) is 13.5. The van der Waals surface area contributed by atoms with Crippen LogP contribution in [0.25, 0.3) is 6.08 Å². The number of carboxylic acid groups (broad SMARTS) is 2. The molecule has 0 aliphatic rings. The molecule has 0 amide bonds. The van der Waals surface area contributed by atoms with Gasteiger partial charge in [-0.05, 0) is 30.5 Å². The van der Waals surface area contributed by atoms with Crippen LogP contribution in [0.5, 0.6) is 11.5 Å². The molecule has 126 valence electrons. The number of carbonyl (C=O) groups is 2. The molecule has 2 atom stereocenters. The van der Waals surface area contributed by atoms with E-state index < -0.39 is 23.9 Å². The standard InChI is InChI=1S/C16H21NO6/c1-22-13-7-6-10(8-14(13)23-2)4-3-5-11(15(18)19)9-12(17)16(20)21/h3-4,6-8,11-12H,5,9,17H2,1-2H3,(H,18,19)(H,20,21)/b4-3+/t11-,12-/m0/s1. The molecule has 1 rings (SSSR count). The van der Waals surface area contributed by atoms with Gasteiger partial charge in [-0.3, -0.25) is 9.59 Å². The van der Waals surface area contributed by atoms with Crippen LogP contribution in [0.1, 0.15) is 18.4 Å². The monoisotopic (exact) mass is 323 g/mol. The number of methoxy groups -OCH3 is 2. The van der Waals surface area contributed by atoms with Crippen molar-refractivity contribution in [3.63, 3.8) is 0 Å². The van der Waals surface area contributed by atoms with Gasteiger partial charge in [-0.15, -0.1) is 0 Å². The molecule has 0 aromatic heterocycles. The lowest BCUT2D eigenvalue weighted by molar-refractivity contribution is -0.143. The smallest absolute Gasteiger partial charge is 0.320 e. The summed E-state index contributed by atoms with van der Waals surface area (Å²) in [4.78, 5) is 21.9. The number of ether oxygens (including phenoxy) is 2. The minimum atomic E-state index is -1.21. The SMILES string of the molecule is COc1ccc(/C=C/C[C@@H](C[C@H](N)C(=O)O)C(=O)O)cc1OC. The largest absolute Gasteiger partial charge is 0.493 e. The Hall–Kier alpha value is -2.54.